The van der Waals surface area contributed by atoms with Crippen LogP contribution in [0.15, 0.2) is 24.3 Å². The van der Waals surface area contributed by atoms with Crippen molar-refractivity contribution in [3.05, 3.63) is 29.8 Å². The normalized spacial score (nSPS) is 11.9. The van der Waals surface area contributed by atoms with Gasteiger partial charge in [0.25, 0.3) is 0 Å². The lowest BCUT2D eigenvalue weighted by Crippen LogP contribution is -2.39. The zero-order chi connectivity index (χ0) is 14.1. The number of hydrogen-bond acceptors (Lipinski definition) is 3. The van der Waals surface area contributed by atoms with Gasteiger partial charge in [-0.1, -0.05) is 25.1 Å². The molecule has 0 heterocycles. The Morgan fingerprint density at radius 1 is 1.37 bits per heavy atom. The number of carbonyl (C=O) groups excluding carboxylic acids is 1. The van der Waals surface area contributed by atoms with E-state index in [1.807, 2.05) is 31.2 Å². The monoisotopic (exact) mass is 264 g/mol. The standard InChI is InChI=1S/C15H24N2O2/c1-4-9-16-15(18)11-17-12(2)10-13-7-5-6-8-14(13)19-3/h5-8,12,17H,4,9-11H2,1-3H3,(H,16,18). The van der Waals surface area contributed by atoms with E-state index in [1.165, 1.54) is 0 Å². The summed E-state index contributed by atoms with van der Waals surface area (Å²) < 4.78 is 5.32. The van der Waals surface area contributed by atoms with Crippen molar-refractivity contribution in [2.75, 3.05) is 20.2 Å². The fraction of sp³-hybridized carbons (Fsp3) is 0.533. The molecule has 0 saturated heterocycles. The molecule has 2 N–H and O–H groups in total. The number of para-hydroxylation sites is 1. The average molecular weight is 264 g/mol. The summed E-state index contributed by atoms with van der Waals surface area (Å²) in [6.45, 7) is 5.20. The SMILES string of the molecule is CCCNC(=O)CNC(C)Cc1ccccc1OC. The molecule has 1 rings (SSSR count). The van der Waals surface area contributed by atoms with Gasteiger partial charge in [-0.3, -0.25) is 4.79 Å². The van der Waals surface area contributed by atoms with Gasteiger partial charge < -0.3 is 15.4 Å². The van der Waals surface area contributed by atoms with E-state index in [4.69, 9.17) is 4.74 Å². The van der Waals surface area contributed by atoms with Crippen molar-refractivity contribution in [2.24, 2.45) is 0 Å². The van der Waals surface area contributed by atoms with Crippen LogP contribution >= 0.6 is 0 Å². The van der Waals surface area contributed by atoms with Crippen molar-refractivity contribution in [1.29, 1.82) is 0 Å². The van der Waals surface area contributed by atoms with Crippen LogP contribution in [-0.2, 0) is 11.2 Å². The van der Waals surface area contributed by atoms with Gasteiger partial charge in [0.05, 0.1) is 13.7 Å². The van der Waals surface area contributed by atoms with Gasteiger partial charge in [-0.15, -0.1) is 0 Å². The van der Waals surface area contributed by atoms with Gasteiger partial charge >= 0.3 is 0 Å². The summed E-state index contributed by atoms with van der Waals surface area (Å²) in [6, 6.07) is 8.19. The third-order valence-corrected chi connectivity index (χ3v) is 2.90. The minimum absolute atomic E-state index is 0.0497. The summed E-state index contributed by atoms with van der Waals surface area (Å²) >= 11 is 0. The maximum atomic E-state index is 11.5. The van der Waals surface area contributed by atoms with Crippen molar-refractivity contribution in [1.82, 2.24) is 10.6 Å². The van der Waals surface area contributed by atoms with E-state index in [0.29, 0.717) is 6.54 Å². The summed E-state index contributed by atoms with van der Waals surface area (Å²) in [6.07, 6.45) is 1.80. The second-order valence-electron chi connectivity index (χ2n) is 4.65. The molecule has 19 heavy (non-hydrogen) atoms. The zero-order valence-corrected chi connectivity index (χ0v) is 12.0. The van der Waals surface area contributed by atoms with Gasteiger partial charge in [0.15, 0.2) is 0 Å². The summed E-state index contributed by atoms with van der Waals surface area (Å²) in [5.41, 5.74) is 1.15. The van der Waals surface area contributed by atoms with E-state index >= 15 is 0 Å². The predicted molar refractivity (Wildman–Crippen MR) is 77.5 cm³/mol. The number of carbonyl (C=O) groups is 1. The molecule has 1 amide bonds. The topological polar surface area (TPSA) is 50.4 Å². The van der Waals surface area contributed by atoms with Crippen LogP contribution in [-0.4, -0.2) is 32.1 Å². The van der Waals surface area contributed by atoms with Gasteiger partial charge in [-0.2, -0.15) is 0 Å². The Balaban J connectivity index is 2.38. The second kappa shape index (κ2) is 8.53. The molecule has 0 bridgehead atoms. The molecule has 0 aromatic heterocycles. The first-order chi connectivity index (χ1) is 9.17. The van der Waals surface area contributed by atoms with Gasteiger partial charge in [0.1, 0.15) is 5.75 Å². The molecule has 0 fully saturated rings. The highest BCUT2D eigenvalue weighted by atomic mass is 16.5. The average Bonchev–Trinajstić information content (AvgIpc) is 2.43. The summed E-state index contributed by atoms with van der Waals surface area (Å²) in [5.74, 6) is 0.945. The van der Waals surface area contributed by atoms with E-state index in [1.54, 1.807) is 7.11 Å². The second-order valence-corrected chi connectivity index (χ2v) is 4.65. The molecule has 0 aliphatic rings. The Bertz CT molecular complexity index is 393. The molecule has 4 nitrogen and oxygen atoms in total. The maximum Gasteiger partial charge on any atom is 0.233 e. The zero-order valence-electron chi connectivity index (χ0n) is 12.0. The molecule has 0 aliphatic carbocycles. The van der Waals surface area contributed by atoms with E-state index in [-0.39, 0.29) is 11.9 Å². The number of amides is 1. The van der Waals surface area contributed by atoms with Crippen LogP contribution in [0.3, 0.4) is 0 Å². The fourth-order valence-electron chi connectivity index (χ4n) is 1.87. The molecule has 1 aromatic carbocycles. The molecule has 106 valence electrons. The van der Waals surface area contributed by atoms with Crippen molar-refractivity contribution in [3.63, 3.8) is 0 Å². The Kier molecular flexibility index (Phi) is 6.97. The molecule has 1 aromatic rings. The minimum atomic E-state index is 0.0497. The van der Waals surface area contributed by atoms with Gasteiger partial charge in [-0.05, 0) is 31.4 Å². The van der Waals surface area contributed by atoms with E-state index in [2.05, 4.69) is 17.6 Å². The Labute approximate surface area is 115 Å². The molecule has 1 unspecified atom stereocenters. The minimum Gasteiger partial charge on any atom is -0.496 e. The third kappa shape index (κ3) is 5.75. The first-order valence-corrected chi connectivity index (χ1v) is 6.79. The lowest BCUT2D eigenvalue weighted by atomic mass is 10.1. The van der Waals surface area contributed by atoms with Crippen LogP contribution < -0.4 is 15.4 Å². The summed E-state index contributed by atoms with van der Waals surface area (Å²) in [4.78, 5) is 11.5. The lowest BCUT2D eigenvalue weighted by molar-refractivity contribution is -0.120. The van der Waals surface area contributed by atoms with Crippen LogP contribution in [0.2, 0.25) is 0 Å². The van der Waals surface area contributed by atoms with E-state index in [9.17, 15) is 4.79 Å². The highest BCUT2D eigenvalue weighted by molar-refractivity contribution is 5.77. The number of benzene rings is 1. The number of nitrogens with one attached hydrogen (secondary N) is 2. The number of rotatable bonds is 8. The number of hydrogen-bond donors (Lipinski definition) is 2. The third-order valence-electron chi connectivity index (χ3n) is 2.90. The molecule has 0 radical (unpaired) electrons. The molecule has 4 heteroatoms. The first kappa shape index (κ1) is 15.5. The fourth-order valence-corrected chi connectivity index (χ4v) is 1.87. The number of ether oxygens (including phenoxy) is 1. The highest BCUT2D eigenvalue weighted by Crippen LogP contribution is 2.18. The van der Waals surface area contributed by atoms with Crippen molar-refractivity contribution in [3.8, 4) is 5.75 Å². The largest absolute Gasteiger partial charge is 0.496 e. The van der Waals surface area contributed by atoms with Gasteiger partial charge in [0, 0.05) is 12.6 Å². The van der Waals surface area contributed by atoms with Crippen LogP contribution in [0.25, 0.3) is 0 Å². The van der Waals surface area contributed by atoms with Crippen LogP contribution in [0.5, 0.6) is 5.75 Å². The lowest BCUT2D eigenvalue weighted by Gasteiger charge is -2.15. The smallest absolute Gasteiger partial charge is 0.233 e. The molecular formula is C15H24N2O2. The van der Waals surface area contributed by atoms with Crippen molar-refractivity contribution in [2.45, 2.75) is 32.7 Å². The summed E-state index contributed by atoms with van der Waals surface area (Å²) in [5, 5.41) is 6.07. The number of methoxy groups -OCH3 is 1. The van der Waals surface area contributed by atoms with Crippen molar-refractivity contribution < 1.29 is 9.53 Å². The molecule has 0 saturated carbocycles. The Morgan fingerprint density at radius 3 is 2.79 bits per heavy atom. The summed E-state index contributed by atoms with van der Waals surface area (Å²) in [7, 11) is 1.68. The van der Waals surface area contributed by atoms with Gasteiger partial charge in [-0.25, -0.2) is 0 Å². The van der Waals surface area contributed by atoms with E-state index in [0.717, 1.165) is 30.7 Å². The van der Waals surface area contributed by atoms with Crippen molar-refractivity contribution >= 4 is 5.91 Å². The molecule has 0 spiro atoms. The first-order valence-electron chi connectivity index (χ1n) is 6.79. The molecular weight excluding hydrogens is 240 g/mol. The Hall–Kier alpha value is -1.55. The van der Waals surface area contributed by atoms with E-state index < -0.39 is 0 Å². The quantitative estimate of drug-likeness (QED) is 0.752. The molecule has 1 atom stereocenters. The maximum absolute atomic E-state index is 11.5. The molecule has 0 aliphatic heterocycles. The predicted octanol–water partition coefficient (Wildman–Crippen LogP) is 1.74. The van der Waals surface area contributed by atoms with Gasteiger partial charge in [0.2, 0.25) is 5.91 Å². The van der Waals surface area contributed by atoms with Crippen LogP contribution in [0, 0.1) is 0 Å². The highest BCUT2D eigenvalue weighted by Gasteiger charge is 2.09. The Morgan fingerprint density at radius 2 is 2.11 bits per heavy atom. The van der Waals surface area contributed by atoms with Crippen LogP contribution in [0.1, 0.15) is 25.8 Å². The van der Waals surface area contributed by atoms with Crippen LogP contribution in [0.4, 0.5) is 0 Å².